The van der Waals surface area contributed by atoms with Gasteiger partial charge in [0.1, 0.15) is 4.88 Å². The lowest BCUT2D eigenvalue weighted by atomic mass is 10.1. The summed E-state index contributed by atoms with van der Waals surface area (Å²) < 4.78 is 0. The summed E-state index contributed by atoms with van der Waals surface area (Å²) in [7, 11) is 0. The van der Waals surface area contributed by atoms with Crippen LogP contribution in [0.2, 0.25) is 0 Å². The monoisotopic (exact) mass is 318 g/mol. The molecule has 22 heavy (non-hydrogen) atoms. The molecular weight excluding hydrogens is 304 g/mol. The van der Waals surface area contributed by atoms with Gasteiger partial charge in [0.2, 0.25) is 0 Å². The molecule has 1 fully saturated rings. The molecule has 0 unspecified atom stereocenters. The molecule has 0 aliphatic heterocycles. The van der Waals surface area contributed by atoms with E-state index in [4.69, 9.17) is 5.11 Å². The van der Waals surface area contributed by atoms with Crippen LogP contribution in [-0.2, 0) is 4.79 Å². The topological polar surface area (TPSA) is 105 Å². The van der Waals surface area contributed by atoms with Crippen molar-refractivity contribution in [1.82, 2.24) is 20.3 Å². The zero-order valence-corrected chi connectivity index (χ0v) is 12.4. The molecule has 0 spiro atoms. The van der Waals surface area contributed by atoms with E-state index in [0.29, 0.717) is 35.0 Å². The predicted octanol–water partition coefficient (Wildman–Crippen LogP) is 1.58. The third kappa shape index (κ3) is 3.11. The van der Waals surface area contributed by atoms with Crippen molar-refractivity contribution in [2.24, 2.45) is 5.92 Å². The number of nitrogens with zero attached hydrogens (tertiary/aromatic N) is 3. The van der Waals surface area contributed by atoms with Crippen LogP contribution >= 0.6 is 11.3 Å². The summed E-state index contributed by atoms with van der Waals surface area (Å²) in [5.41, 5.74) is 0. The molecule has 2 atom stereocenters. The fraction of sp³-hybridized carbons (Fsp3) is 0.357. The normalized spacial score (nSPS) is 20.7. The summed E-state index contributed by atoms with van der Waals surface area (Å²) in [6, 6.07) is 1.62. The number of aromatic nitrogens is 3. The van der Waals surface area contributed by atoms with Gasteiger partial charge in [-0.1, -0.05) is 0 Å². The number of carboxylic acid groups (broad SMARTS) is 1. The van der Waals surface area contributed by atoms with Gasteiger partial charge in [0.05, 0.1) is 12.1 Å². The van der Waals surface area contributed by atoms with Gasteiger partial charge in [0, 0.05) is 18.4 Å². The van der Waals surface area contributed by atoms with E-state index in [-0.39, 0.29) is 17.9 Å². The largest absolute Gasteiger partial charge is 0.481 e. The van der Waals surface area contributed by atoms with Crippen molar-refractivity contribution in [3.63, 3.8) is 0 Å². The molecule has 2 N–H and O–H groups in total. The smallest absolute Gasteiger partial charge is 0.306 e. The minimum atomic E-state index is -0.793. The Morgan fingerprint density at radius 2 is 2.00 bits per heavy atom. The van der Waals surface area contributed by atoms with Crippen molar-refractivity contribution in [1.29, 1.82) is 0 Å². The second-order valence-corrected chi connectivity index (χ2v) is 6.15. The van der Waals surface area contributed by atoms with Crippen molar-refractivity contribution in [2.45, 2.75) is 25.3 Å². The highest BCUT2D eigenvalue weighted by molar-refractivity contribution is 7.16. The Morgan fingerprint density at radius 3 is 2.68 bits per heavy atom. The third-order valence-corrected chi connectivity index (χ3v) is 4.60. The molecule has 1 saturated carbocycles. The third-order valence-electron chi connectivity index (χ3n) is 3.60. The van der Waals surface area contributed by atoms with Crippen LogP contribution in [0, 0.1) is 5.92 Å². The summed E-state index contributed by atoms with van der Waals surface area (Å²) in [6.45, 7) is 0. The zero-order chi connectivity index (χ0) is 15.5. The molecule has 114 valence electrons. The summed E-state index contributed by atoms with van der Waals surface area (Å²) in [6.07, 6.45) is 6.51. The van der Waals surface area contributed by atoms with Gasteiger partial charge < -0.3 is 10.4 Å². The molecule has 2 heterocycles. The van der Waals surface area contributed by atoms with Crippen LogP contribution < -0.4 is 5.32 Å². The number of hydrogen-bond acceptors (Lipinski definition) is 6. The van der Waals surface area contributed by atoms with Crippen LogP contribution in [0.1, 0.15) is 28.9 Å². The molecular formula is C14H14N4O3S. The summed E-state index contributed by atoms with van der Waals surface area (Å²) in [5.74, 6) is -0.896. The maximum absolute atomic E-state index is 12.2. The molecule has 1 aliphatic rings. The van der Waals surface area contributed by atoms with Crippen LogP contribution in [0.4, 0.5) is 0 Å². The van der Waals surface area contributed by atoms with E-state index in [9.17, 15) is 9.59 Å². The number of carboxylic acids is 1. The second kappa shape index (κ2) is 6.18. The molecule has 1 aliphatic carbocycles. The fourth-order valence-electron chi connectivity index (χ4n) is 2.49. The van der Waals surface area contributed by atoms with Gasteiger partial charge in [-0.25, -0.2) is 15.0 Å². The molecule has 3 rings (SSSR count). The molecule has 2 aromatic heterocycles. The van der Waals surface area contributed by atoms with E-state index in [0.717, 1.165) is 0 Å². The van der Waals surface area contributed by atoms with Crippen molar-refractivity contribution in [3.05, 3.63) is 29.5 Å². The maximum atomic E-state index is 12.2. The van der Waals surface area contributed by atoms with Gasteiger partial charge in [-0.3, -0.25) is 9.59 Å². The van der Waals surface area contributed by atoms with Crippen molar-refractivity contribution in [2.75, 3.05) is 0 Å². The molecule has 0 saturated heterocycles. The van der Waals surface area contributed by atoms with E-state index in [1.807, 2.05) is 0 Å². The summed E-state index contributed by atoms with van der Waals surface area (Å²) >= 11 is 1.22. The van der Waals surface area contributed by atoms with Gasteiger partial charge in [0.25, 0.3) is 5.91 Å². The van der Waals surface area contributed by atoms with Crippen LogP contribution in [0.25, 0.3) is 10.8 Å². The Balaban J connectivity index is 1.64. The van der Waals surface area contributed by atoms with Gasteiger partial charge >= 0.3 is 5.97 Å². The van der Waals surface area contributed by atoms with Gasteiger partial charge in [0.15, 0.2) is 10.8 Å². The fourth-order valence-corrected chi connectivity index (χ4v) is 3.25. The lowest BCUT2D eigenvalue weighted by Crippen LogP contribution is -2.32. The Hall–Kier alpha value is -2.35. The highest BCUT2D eigenvalue weighted by atomic mass is 32.1. The van der Waals surface area contributed by atoms with Crippen LogP contribution in [-0.4, -0.2) is 38.0 Å². The molecule has 0 radical (unpaired) electrons. The minimum Gasteiger partial charge on any atom is -0.481 e. The number of rotatable bonds is 4. The number of carbonyl (C=O) groups excluding carboxylic acids is 1. The highest BCUT2D eigenvalue weighted by Crippen LogP contribution is 2.27. The summed E-state index contributed by atoms with van der Waals surface area (Å²) in [4.78, 5) is 35.9. The van der Waals surface area contributed by atoms with E-state index in [1.165, 1.54) is 17.5 Å². The molecule has 0 aromatic carbocycles. The first-order valence-electron chi connectivity index (χ1n) is 6.90. The number of carbonyl (C=O) groups is 2. The van der Waals surface area contributed by atoms with E-state index < -0.39 is 5.97 Å². The Morgan fingerprint density at radius 1 is 1.23 bits per heavy atom. The highest BCUT2D eigenvalue weighted by Gasteiger charge is 2.31. The molecule has 2 aromatic rings. The lowest BCUT2D eigenvalue weighted by Gasteiger charge is -2.10. The summed E-state index contributed by atoms with van der Waals surface area (Å²) in [5, 5.41) is 12.4. The number of amides is 1. The average Bonchev–Trinajstić information content (AvgIpc) is 3.17. The van der Waals surface area contributed by atoms with Crippen molar-refractivity contribution in [3.8, 4) is 10.8 Å². The first kappa shape index (κ1) is 14.6. The molecule has 1 amide bonds. The number of hydrogen-bond donors (Lipinski definition) is 2. The Labute approximate surface area is 130 Å². The van der Waals surface area contributed by atoms with Gasteiger partial charge in [-0.15, -0.1) is 11.3 Å². The molecule has 7 nitrogen and oxygen atoms in total. The van der Waals surface area contributed by atoms with Crippen LogP contribution in [0.3, 0.4) is 0 Å². The Kier molecular flexibility index (Phi) is 4.10. The van der Waals surface area contributed by atoms with Gasteiger partial charge in [-0.05, 0) is 25.3 Å². The van der Waals surface area contributed by atoms with Crippen molar-refractivity contribution < 1.29 is 14.7 Å². The number of thiazole rings is 1. The van der Waals surface area contributed by atoms with E-state index in [2.05, 4.69) is 20.3 Å². The average molecular weight is 318 g/mol. The second-order valence-electron chi connectivity index (χ2n) is 5.12. The SMILES string of the molecule is O=C(N[C@H]1CC[C@@H](C(=O)O)C1)c1cnc(-c2ncccn2)s1. The molecule has 8 heteroatoms. The Bertz CT molecular complexity index is 688. The quantitative estimate of drug-likeness (QED) is 0.887. The number of aliphatic carboxylic acids is 1. The van der Waals surface area contributed by atoms with Crippen LogP contribution in [0.15, 0.2) is 24.7 Å². The van der Waals surface area contributed by atoms with E-state index in [1.54, 1.807) is 18.5 Å². The van der Waals surface area contributed by atoms with Gasteiger partial charge in [-0.2, -0.15) is 0 Å². The van der Waals surface area contributed by atoms with E-state index >= 15 is 0 Å². The predicted molar refractivity (Wildman–Crippen MR) is 79.4 cm³/mol. The standard InChI is InChI=1S/C14H14N4O3S/c19-12(18-9-3-2-8(6-9)14(20)21)10-7-17-13(22-10)11-15-4-1-5-16-11/h1,4-5,7-9H,2-3,6H2,(H,18,19)(H,20,21)/t8-,9+/m1/s1. The number of nitrogens with one attached hydrogen (secondary N) is 1. The lowest BCUT2D eigenvalue weighted by molar-refractivity contribution is -0.141. The van der Waals surface area contributed by atoms with Crippen LogP contribution in [0.5, 0.6) is 0 Å². The first-order valence-corrected chi connectivity index (χ1v) is 7.72. The zero-order valence-electron chi connectivity index (χ0n) is 11.6. The maximum Gasteiger partial charge on any atom is 0.306 e. The van der Waals surface area contributed by atoms with Crippen molar-refractivity contribution >= 4 is 23.2 Å². The molecule has 0 bridgehead atoms. The first-order chi connectivity index (χ1) is 10.6. The minimum absolute atomic E-state index is 0.0906.